The molecule has 0 fully saturated rings. The van der Waals surface area contributed by atoms with Crippen molar-refractivity contribution in [1.82, 2.24) is 4.90 Å². The van der Waals surface area contributed by atoms with Crippen LogP contribution < -0.4 is 0 Å². The van der Waals surface area contributed by atoms with Gasteiger partial charge in [-0.15, -0.1) is 11.6 Å². The Morgan fingerprint density at radius 1 is 1.29 bits per heavy atom. The lowest BCUT2D eigenvalue weighted by molar-refractivity contribution is -0.143. The number of hydrogen-bond donors (Lipinski definition) is 0. The van der Waals surface area contributed by atoms with Gasteiger partial charge in [-0.2, -0.15) is 0 Å². The molecule has 1 aliphatic rings. The van der Waals surface area contributed by atoms with Crippen LogP contribution in [0.5, 0.6) is 0 Å². The topological polar surface area (TPSA) is 63.7 Å². The Morgan fingerprint density at radius 2 is 1.81 bits per heavy atom. The summed E-state index contributed by atoms with van der Waals surface area (Å²) in [6, 6.07) is 5.31. The van der Waals surface area contributed by atoms with Crippen LogP contribution >= 0.6 is 11.6 Å². The SMILES string of the molecule is C/C=C(\CCl)[C@@H](C(=O)OC)N1C(=O)c2ccccc2C1=O. The molecule has 1 aromatic rings. The molecule has 0 saturated heterocycles. The number of carbonyl (C=O) groups excluding carboxylic acids is 3. The van der Waals surface area contributed by atoms with E-state index in [1.807, 2.05) is 0 Å². The van der Waals surface area contributed by atoms with Gasteiger partial charge in [0.05, 0.1) is 18.2 Å². The van der Waals surface area contributed by atoms with Gasteiger partial charge in [-0.25, -0.2) is 4.79 Å². The Kier molecular flexibility index (Phi) is 4.43. The number of alkyl halides is 1. The van der Waals surface area contributed by atoms with Crippen molar-refractivity contribution in [2.45, 2.75) is 13.0 Å². The fourth-order valence-electron chi connectivity index (χ4n) is 2.28. The van der Waals surface area contributed by atoms with Crippen LogP contribution in [0.4, 0.5) is 0 Å². The van der Waals surface area contributed by atoms with Gasteiger partial charge < -0.3 is 4.74 Å². The second kappa shape index (κ2) is 6.10. The molecule has 1 atom stereocenters. The third-order valence-electron chi connectivity index (χ3n) is 3.38. The summed E-state index contributed by atoms with van der Waals surface area (Å²) < 4.78 is 4.72. The highest BCUT2D eigenvalue weighted by Crippen LogP contribution is 2.27. The predicted molar refractivity (Wildman–Crippen MR) is 77.2 cm³/mol. The number of esters is 1. The van der Waals surface area contributed by atoms with E-state index in [1.54, 1.807) is 37.3 Å². The molecule has 0 aliphatic carbocycles. The van der Waals surface area contributed by atoms with E-state index in [9.17, 15) is 14.4 Å². The molecule has 1 heterocycles. The van der Waals surface area contributed by atoms with Crippen molar-refractivity contribution in [1.29, 1.82) is 0 Å². The van der Waals surface area contributed by atoms with Crippen molar-refractivity contribution in [3.8, 4) is 0 Å². The molecule has 0 saturated carbocycles. The van der Waals surface area contributed by atoms with E-state index in [0.29, 0.717) is 5.57 Å². The second-order valence-electron chi connectivity index (χ2n) is 4.45. The summed E-state index contributed by atoms with van der Waals surface area (Å²) in [5.74, 6) is -1.71. The first-order valence-electron chi connectivity index (χ1n) is 6.32. The van der Waals surface area contributed by atoms with Gasteiger partial charge in [0.15, 0.2) is 6.04 Å². The van der Waals surface area contributed by atoms with Gasteiger partial charge in [0.1, 0.15) is 0 Å². The van der Waals surface area contributed by atoms with Crippen molar-refractivity contribution in [3.63, 3.8) is 0 Å². The van der Waals surface area contributed by atoms with Crippen LogP contribution in [0.1, 0.15) is 27.6 Å². The molecule has 0 aromatic heterocycles. The minimum absolute atomic E-state index is 0.0175. The molecule has 6 heteroatoms. The van der Waals surface area contributed by atoms with Gasteiger partial charge in [-0.05, 0) is 24.6 Å². The molecular formula is C15H14ClNO4. The minimum atomic E-state index is -1.13. The first-order valence-corrected chi connectivity index (χ1v) is 6.86. The van der Waals surface area contributed by atoms with E-state index in [1.165, 1.54) is 7.11 Å². The van der Waals surface area contributed by atoms with Gasteiger partial charge in [0, 0.05) is 5.88 Å². The number of rotatable bonds is 4. The number of allylic oxidation sites excluding steroid dienone is 1. The van der Waals surface area contributed by atoms with Gasteiger partial charge in [0.2, 0.25) is 0 Å². The van der Waals surface area contributed by atoms with E-state index in [2.05, 4.69) is 0 Å². The van der Waals surface area contributed by atoms with E-state index >= 15 is 0 Å². The normalized spacial score (nSPS) is 16.0. The molecule has 0 spiro atoms. The third kappa shape index (κ3) is 2.45. The van der Waals surface area contributed by atoms with Crippen molar-refractivity contribution in [3.05, 3.63) is 47.0 Å². The number of halogens is 1. The number of ether oxygens (including phenoxy) is 1. The van der Waals surface area contributed by atoms with Gasteiger partial charge in [0.25, 0.3) is 11.8 Å². The number of amides is 2. The van der Waals surface area contributed by atoms with E-state index < -0.39 is 23.8 Å². The molecule has 0 unspecified atom stereocenters. The Balaban J connectivity index is 2.51. The third-order valence-corrected chi connectivity index (χ3v) is 3.69. The lowest BCUT2D eigenvalue weighted by Crippen LogP contribution is -2.47. The van der Waals surface area contributed by atoms with Gasteiger partial charge in [-0.1, -0.05) is 18.2 Å². The largest absolute Gasteiger partial charge is 0.467 e. The zero-order chi connectivity index (χ0) is 15.6. The highest BCUT2D eigenvalue weighted by molar-refractivity contribution is 6.24. The first kappa shape index (κ1) is 15.3. The molecule has 0 radical (unpaired) electrons. The van der Waals surface area contributed by atoms with E-state index in [0.717, 1.165) is 4.90 Å². The number of methoxy groups -OCH3 is 1. The predicted octanol–water partition coefficient (Wildman–Crippen LogP) is 2.01. The quantitative estimate of drug-likeness (QED) is 0.369. The monoisotopic (exact) mass is 307 g/mol. The van der Waals surface area contributed by atoms with Crippen molar-refractivity contribution in [2.75, 3.05) is 13.0 Å². The van der Waals surface area contributed by atoms with Crippen molar-refractivity contribution in [2.24, 2.45) is 0 Å². The maximum atomic E-state index is 12.4. The average Bonchev–Trinajstić information content (AvgIpc) is 2.76. The van der Waals surface area contributed by atoms with Crippen LogP contribution in [0.2, 0.25) is 0 Å². The molecule has 0 N–H and O–H groups in total. The lowest BCUT2D eigenvalue weighted by Gasteiger charge is -2.25. The first-order chi connectivity index (χ1) is 10.1. The number of benzene rings is 1. The molecule has 0 bridgehead atoms. The molecule has 1 aliphatic heterocycles. The number of fused-ring (bicyclic) bond motifs is 1. The second-order valence-corrected chi connectivity index (χ2v) is 4.72. The van der Waals surface area contributed by atoms with E-state index in [-0.39, 0.29) is 17.0 Å². The molecule has 1 aromatic carbocycles. The van der Waals surface area contributed by atoms with Crippen LogP contribution in [0.15, 0.2) is 35.9 Å². The number of nitrogens with zero attached hydrogens (tertiary/aromatic N) is 1. The minimum Gasteiger partial charge on any atom is -0.467 e. The van der Waals surface area contributed by atoms with E-state index in [4.69, 9.17) is 16.3 Å². The highest BCUT2D eigenvalue weighted by atomic mass is 35.5. The Bertz CT molecular complexity index is 603. The molecule has 2 rings (SSSR count). The highest BCUT2D eigenvalue weighted by Gasteiger charge is 2.44. The molecule has 110 valence electrons. The maximum absolute atomic E-state index is 12.4. The van der Waals surface area contributed by atoms with Crippen LogP contribution in [-0.2, 0) is 9.53 Å². The standard InChI is InChI=1S/C15H14ClNO4/c1-3-9(8-16)12(15(20)21-2)17-13(18)10-6-4-5-7-11(10)14(17)19/h3-7,12H,8H2,1-2H3/b9-3+/t12-/m0/s1. The van der Waals surface area contributed by atoms with Crippen LogP contribution in [0, 0.1) is 0 Å². The van der Waals surface area contributed by atoms with Crippen molar-refractivity contribution >= 4 is 29.4 Å². The summed E-state index contributed by atoms with van der Waals surface area (Å²) in [6.45, 7) is 1.69. The lowest BCUT2D eigenvalue weighted by atomic mass is 10.1. The van der Waals surface area contributed by atoms with Crippen LogP contribution in [-0.4, -0.2) is 41.7 Å². The zero-order valence-electron chi connectivity index (χ0n) is 11.6. The summed E-state index contributed by atoms with van der Waals surface area (Å²) in [5, 5.41) is 0. The Labute approximate surface area is 127 Å². The number of hydrogen-bond acceptors (Lipinski definition) is 4. The fourth-order valence-corrected chi connectivity index (χ4v) is 2.59. The average molecular weight is 308 g/mol. The molecule has 21 heavy (non-hydrogen) atoms. The fraction of sp³-hybridized carbons (Fsp3) is 0.267. The summed E-state index contributed by atoms with van der Waals surface area (Å²) in [4.78, 5) is 37.8. The number of carbonyl (C=O) groups is 3. The summed E-state index contributed by atoms with van der Waals surface area (Å²) >= 11 is 5.82. The molecular weight excluding hydrogens is 294 g/mol. The molecule has 2 amide bonds. The maximum Gasteiger partial charge on any atom is 0.333 e. The Morgan fingerprint density at radius 3 is 2.19 bits per heavy atom. The smallest absolute Gasteiger partial charge is 0.333 e. The van der Waals surface area contributed by atoms with Gasteiger partial charge in [-0.3, -0.25) is 14.5 Å². The molecule has 5 nitrogen and oxygen atoms in total. The number of imide groups is 1. The van der Waals surface area contributed by atoms with Gasteiger partial charge >= 0.3 is 5.97 Å². The Hall–Kier alpha value is -2.14. The zero-order valence-corrected chi connectivity index (χ0v) is 12.4. The van der Waals surface area contributed by atoms with Crippen LogP contribution in [0.3, 0.4) is 0 Å². The summed E-state index contributed by atoms with van der Waals surface area (Å²) in [6.07, 6.45) is 1.61. The van der Waals surface area contributed by atoms with Crippen LogP contribution in [0.25, 0.3) is 0 Å². The summed E-state index contributed by atoms with van der Waals surface area (Å²) in [7, 11) is 1.20. The van der Waals surface area contributed by atoms with Crippen molar-refractivity contribution < 1.29 is 19.1 Å². The summed E-state index contributed by atoms with van der Waals surface area (Å²) in [5.41, 5.74) is 1.00.